The second-order valence-corrected chi connectivity index (χ2v) is 11.4. The lowest BCUT2D eigenvalue weighted by Crippen LogP contribution is -2.61. The first-order chi connectivity index (χ1) is 16.9. The van der Waals surface area contributed by atoms with Crippen molar-refractivity contribution in [3.63, 3.8) is 0 Å². The molecule has 1 N–H and O–H groups in total. The molecule has 4 unspecified atom stereocenters. The molecule has 190 valence electrons. The Balaban J connectivity index is 1.33. The Bertz CT molecular complexity index is 926. The SMILES string of the molecule is CN(CC(=O)O)c1ccccc1C(=O)N(C=O)C1CC2CCCC(C1)N2C1CC2CCCC(C2)C1. The molecule has 35 heavy (non-hydrogen) atoms. The number of piperidine rings is 2. The molecule has 7 heteroatoms. The van der Waals surface area contributed by atoms with E-state index in [1.165, 1.54) is 49.8 Å². The van der Waals surface area contributed by atoms with Crippen LogP contribution in [0.3, 0.4) is 0 Å². The Kier molecular flexibility index (Phi) is 7.14. The molecule has 0 spiro atoms. The number of para-hydroxylation sites is 1. The molecule has 4 atom stereocenters. The van der Waals surface area contributed by atoms with E-state index < -0.39 is 5.97 Å². The van der Waals surface area contributed by atoms with Crippen LogP contribution in [0.15, 0.2) is 24.3 Å². The summed E-state index contributed by atoms with van der Waals surface area (Å²) in [6.07, 6.45) is 14.2. The minimum absolute atomic E-state index is 0.104. The molecule has 1 aromatic carbocycles. The van der Waals surface area contributed by atoms with Crippen LogP contribution >= 0.6 is 0 Å². The molecule has 2 heterocycles. The second kappa shape index (κ2) is 10.3. The van der Waals surface area contributed by atoms with E-state index in [0.29, 0.717) is 35.8 Å². The van der Waals surface area contributed by atoms with Crippen molar-refractivity contribution in [3.8, 4) is 0 Å². The summed E-state index contributed by atoms with van der Waals surface area (Å²) < 4.78 is 0. The topological polar surface area (TPSA) is 81.2 Å². The number of carboxylic acids is 1. The average molecular weight is 482 g/mol. The first-order valence-corrected chi connectivity index (χ1v) is 13.5. The van der Waals surface area contributed by atoms with E-state index in [-0.39, 0.29) is 18.5 Å². The predicted octanol–water partition coefficient (Wildman–Crippen LogP) is 4.16. The lowest BCUT2D eigenvalue weighted by molar-refractivity contribution is -0.135. The van der Waals surface area contributed by atoms with Crippen molar-refractivity contribution in [2.75, 3.05) is 18.5 Å². The molecule has 5 rings (SSSR count). The maximum absolute atomic E-state index is 13.6. The highest BCUT2D eigenvalue weighted by molar-refractivity contribution is 6.04. The number of carboxylic acid groups (broad SMARTS) is 1. The molecule has 0 radical (unpaired) electrons. The summed E-state index contributed by atoms with van der Waals surface area (Å²) >= 11 is 0. The zero-order chi connectivity index (χ0) is 24.5. The van der Waals surface area contributed by atoms with Gasteiger partial charge in [0.05, 0.1) is 5.56 Å². The van der Waals surface area contributed by atoms with E-state index in [4.69, 9.17) is 0 Å². The van der Waals surface area contributed by atoms with Crippen molar-refractivity contribution in [2.24, 2.45) is 11.8 Å². The van der Waals surface area contributed by atoms with Crippen molar-refractivity contribution < 1.29 is 19.5 Å². The summed E-state index contributed by atoms with van der Waals surface area (Å²) in [7, 11) is 1.66. The van der Waals surface area contributed by atoms with Crippen LogP contribution < -0.4 is 4.90 Å². The Morgan fingerprint density at radius 2 is 1.57 bits per heavy atom. The molecular formula is C28H39N3O4. The van der Waals surface area contributed by atoms with E-state index in [1.807, 2.05) is 0 Å². The van der Waals surface area contributed by atoms with E-state index >= 15 is 0 Å². The summed E-state index contributed by atoms with van der Waals surface area (Å²) in [5.74, 6) is 0.488. The molecule has 0 aromatic heterocycles. The minimum Gasteiger partial charge on any atom is -0.480 e. The third-order valence-electron chi connectivity index (χ3n) is 9.19. The van der Waals surface area contributed by atoms with Gasteiger partial charge in [-0.25, -0.2) is 0 Å². The molecule has 2 amide bonds. The van der Waals surface area contributed by atoms with Crippen LogP contribution in [0.1, 0.15) is 81.0 Å². The number of carbonyl (C=O) groups excluding carboxylic acids is 2. The largest absolute Gasteiger partial charge is 0.480 e. The Hall–Kier alpha value is -2.41. The van der Waals surface area contributed by atoms with E-state index in [1.54, 1.807) is 36.2 Å². The second-order valence-electron chi connectivity index (χ2n) is 11.4. The van der Waals surface area contributed by atoms with Gasteiger partial charge in [-0.1, -0.05) is 37.8 Å². The highest BCUT2D eigenvalue weighted by Crippen LogP contribution is 2.46. The number of fused-ring (bicyclic) bond motifs is 4. The summed E-state index contributed by atoms with van der Waals surface area (Å²) in [6, 6.07) is 8.45. The van der Waals surface area contributed by atoms with Crippen LogP contribution in [-0.4, -0.2) is 71.0 Å². The zero-order valence-corrected chi connectivity index (χ0v) is 20.8. The molecule has 4 fully saturated rings. The van der Waals surface area contributed by atoms with Crippen molar-refractivity contribution in [1.82, 2.24) is 9.80 Å². The molecule has 7 nitrogen and oxygen atoms in total. The highest BCUT2D eigenvalue weighted by atomic mass is 16.4. The number of nitrogens with zero attached hydrogens (tertiary/aromatic N) is 3. The van der Waals surface area contributed by atoms with Gasteiger partial charge in [0.2, 0.25) is 6.41 Å². The standard InChI is InChI=1S/C28H39N3O4/c1-29(17-27(33)34)26-11-3-2-10-25(26)28(35)30(18-32)23-15-21-8-5-9-22(16-23)31(21)24-13-19-6-4-7-20(12-19)14-24/h2-3,10-11,18-24H,4-9,12-17H2,1H3,(H,33,34). The zero-order valence-electron chi connectivity index (χ0n) is 20.8. The number of amides is 2. The van der Waals surface area contributed by atoms with Gasteiger partial charge < -0.3 is 10.0 Å². The van der Waals surface area contributed by atoms with Crippen LogP contribution in [-0.2, 0) is 9.59 Å². The molecule has 4 bridgehead atoms. The molecular weight excluding hydrogens is 442 g/mol. The quantitative estimate of drug-likeness (QED) is 0.589. The van der Waals surface area contributed by atoms with Crippen LogP contribution in [0.25, 0.3) is 0 Å². The monoisotopic (exact) mass is 481 g/mol. The number of rotatable bonds is 7. The summed E-state index contributed by atoms with van der Waals surface area (Å²) in [5.41, 5.74) is 0.925. The molecule has 2 aliphatic carbocycles. The van der Waals surface area contributed by atoms with Crippen LogP contribution in [0.2, 0.25) is 0 Å². The highest BCUT2D eigenvalue weighted by Gasteiger charge is 2.46. The molecule has 1 aromatic rings. The maximum Gasteiger partial charge on any atom is 0.323 e. The fourth-order valence-corrected chi connectivity index (χ4v) is 7.87. The number of aliphatic carboxylic acids is 1. The van der Waals surface area contributed by atoms with Crippen molar-refractivity contribution in [3.05, 3.63) is 29.8 Å². The molecule has 2 aliphatic heterocycles. The van der Waals surface area contributed by atoms with Gasteiger partial charge in [0.15, 0.2) is 0 Å². The van der Waals surface area contributed by atoms with Gasteiger partial charge in [0.25, 0.3) is 5.91 Å². The lowest BCUT2D eigenvalue weighted by Gasteiger charge is -2.56. The third kappa shape index (κ3) is 4.97. The number of hydrogen-bond donors (Lipinski definition) is 1. The Morgan fingerprint density at radius 1 is 0.943 bits per heavy atom. The first-order valence-electron chi connectivity index (χ1n) is 13.5. The maximum atomic E-state index is 13.6. The van der Waals surface area contributed by atoms with Crippen molar-refractivity contribution in [1.29, 1.82) is 0 Å². The number of likely N-dealkylation sites (N-methyl/N-ethyl adjacent to an activating group) is 1. The van der Waals surface area contributed by atoms with Gasteiger partial charge in [-0.2, -0.15) is 0 Å². The van der Waals surface area contributed by atoms with Gasteiger partial charge in [-0.3, -0.25) is 24.2 Å². The molecule has 2 saturated carbocycles. The Labute approximate surface area is 208 Å². The number of carbonyl (C=O) groups is 3. The van der Waals surface area contributed by atoms with E-state index in [2.05, 4.69) is 4.90 Å². The first kappa shape index (κ1) is 24.3. The molecule has 2 saturated heterocycles. The van der Waals surface area contributed by atoms with Gasteiger partial charge in [0, 0.05) is 36.9 Å². The lowest BCUT2D eigenvalue weighted by atomic mass is 9.68. The average Bonchev–Trinajstić information content (AvgIpc) is 2.83. The fourth-order valence-electron chi connectivity index (χ4n) is 7.87. The van der Waals surface area contributed by atoms with Crippen molar-refractivity contribution in [2.45, 2.75) is 94.8 Å². The van der Waals surface area contributed by atoms with Gasteiger partial charge in [-0.05, 0) is 68.9 Å². The van der Waals surface area contributed by atoms with Gasteiger partial charge in [-0.15, -0.1) is 0 Å². The summed E-state index contributed by atoms with van der Waals surface area (Å²) in [5, 5.41) is 9.21. The normalized spacial score (nSPS) is 32.5. The fraction of sp³-hybridized carbons (Fsp3) is 0.679. The van der Waals surface area contributed by atoms with Crippen LogP contribution in [0.5, 0.6) is 0 Å². The van der Waals surface area contributed by atoms with Crippen LogP contribution in [0, 0.1) is 11.8 Å². The number of imide groups is 1. The number of hydrogen-bond acceptors (Lipinski definition) is 5. The number of benzene rings is 1. The smallest absolute Gasteiger partial charge is 0.323 e. The third-order valence-corrected chi connectivity index (χ3v) is 9.19. The van der Waals surface area contributed by atoms with E-state index in [0.717, 1.165) is 37.5 Å². The summed E-state index contributed by atoms with van der Waals surface area (Å²) in [6.45, 7) is -0.211. The Morgan fingerprint density at radius 3 is 2.20 bits per heavy atom. The predicted molar refractivity (Wildman–Crippen MR) is 134 cm³/mol. The summed E-state index contributed by atoms with van der Waals surface area (Å²) in [4.78, 5) is 43.0. The van der Waals surface area contributed by atoms with E-state index in [9.17, 15) is 19.5 Å². The van der Waals surface area contributed by atoms with Crippen LogP contribution in [0.4, 0.5) is 5.69 Å². The molecule has 4 aliphatic rings. The van der Waals surface area contributed by atoms with Crippen molar-refractivity contribution >= 4 is 24.0 Å². The minimum atomic E-state index is -0.964. The van der Waals surface area contributed by atoms with Gasteiger partial charge >= 0.3 is 5.97 Å². The van der Waals surface area contributed by atoms with Gasteiger partial charge in [0.1, 0.15) is 6.54 Å². The number of anilines is 1.